The van der Waals surface area contributed by atoms with Gasteiger partial charge in [-0.2, -0.15) is 0 Å². The van der Waals surface area contributed by atoms with E-state index in [4.69, 9.17) is 0 Å². The van der Waals surface area contributed by atoms with Crippen molar-refractivity contribution in [1.29, 1.82) is 0 Å². The van der Waals surface area contributed by atoms with Crippen molar-refractivity contribution in [3.8, 4) is 11.3 Å². The van der Waals surface area contributed by atoms with Gasteiger partial charge >= 0.3 is 0 Å². The molecule has 0 spiro atoms. The van der Waals surface area contributed by atoms with Gasteiger partial charge in [-0.15, -0.1) is 0 Å². The van der Waals surface area contributed by atoms with Crippen molar-refractivity contribution in [3.63, 3.8) is 0 Å². The summed E-state index contributed by atoms with van der Waals surface area (Å²) in [5.74, 6) is 0. The Labute approximate surface area is 71.7 Å². The highest BCUT2D eigenvalue weighted by Gasteiger charge is 1.93. The fourth-order valence-electron chi connectivity index (χ4n) is 1.05. The number of nitrogens with zero attached hydrogens (tertiary/aromatic N) is 1. The minimum Gasteiger partial charge on any atom is -0.247 e. The van der Waals surface area contributed by atoms with Crippen molar-refractivity contribution >= 4 is 0 Å². The Bertz CT molecular complexity index is 302. The van der Waals surface area contributed by atoms with Crippen LogP contribution in [0.25, 0.3) is 11.3 Å². The summed E-state index contributed by atoms with van der Waals surface area (Å²) in [6, 6.07) is 17.5. The Balaban J connectivity index is 2.46. The van der Waals surface area contributed by atoms with E-state index in [-0.39, 0.29) is 0 Å². The summed E-state index contributed by atoms with van der Waals surface area (Å²) in [6.07, 6.45) is 1.63. The third-order valence-corrected chi connectivity index (χ3v) is 1.63. The van der Waals surface area contributed by atoms with Gasteiger partial charge in [0.25, 0.3) is 0 Å². The van der Waals surface area contributed by atoms with E-state index in [1.165, 1.54) is 0 Å². The van der Waals surface area contributed by atoms with E-state index < -0.39 is 0 Å². The number of aromatic nitrogens is 1. The number of hydrogen-bond donors (Lipinski definition) is 0. The van der Waals surface area contributed by atoms with Gasteiger partial charge in [-0.1, -0.05) is 36.4 Å². The zero-order valence-corrected chi connectivity index (χ0v) is 6.49. The van der Waals surface area contributed by atoms with Gasteiger partial charge in [0.2, 0.25) is 0 Å². The lowest BCUT2D eigenvalue weighted by atomic mass is 10.1. The lowest BCUT2D eigenvalue weighted by Gasteiger charge is -1.95. The van der Waals surface area contributed by atoms with Crippen LogP contribution in [-0.4, -0.2) is 4.98 Å². The first-order valence-corrected chi connectivity index (χ1v) is 3.76. The third kappa shape index (κ3) is 1.28. The molecule has 0 aliphatic heterocycles. The van der Waals surface area contributed by atoms with Gasteiger partial charge in [-0.25, -0.2) is 4.98 Å². The zero-order chi connectivity index (χ0) is 8.23. The number of benzene rings is 1. The first-order chi connectivity index (χ1) is 5.97. The Kier molecular flexibility index (Phi) is 1.75. The normalized spacial score (nSPS) is 9.00. The van der Waals surface area contributed by atoms with Gasteiger partial charge in [-0.05, 0) is 6.07 Å². The number of rotatable bonds is 1. The van der Waals surface area contributed by atoms with Crippen LogP contribution in [0, 0.1) is 12.1 Å². The SMILES string of the molecule is c1cnc(-c2ccccc2)cc#1. The molecule has 0 unspecified atom stereocenters. The highest BCUT2D eigenvalue weighted by atomic mass is 14.7. The van der Waals surface area contributed by atoms with E-state index in [1.54, 1.807) is 6.20 Å². The van der Waals surface area contributed by atoms with Crippen molar-refractivity contribution in [2.75, 3.05) is 0 Å². The molecule has 1 heteroatoms. The van der Waals surface area contributed by atoms with Crippen LogP contribution >= 0.6 is 0 Å². The molecule has 0 aliphatic rings. The van der Waals surface area contributed by atoms with E-state index in [0.29, 0.717) is 0 Å². The van der Waals surface area contributed by atoms with E-state index in [9.17, 15) is 0 Å². The van der Waals surface area contributed by atoms with E-state index in [0.717, 1.165) is 11.3 Å². The van der Waals surface area contributed by atoms with E-state index in [1.807, 2.05) is 36.4 Å². The van der Waals surface area contributed by atoms with Crippen LogP contribution in [0.4, 0.5) is 0 Å². The molecule has 0 aliphatic carbocycles. The van der Waals surface area contributed by atoms with Gasteiger partial charge in [0, 0.05) is 11.6 Å². The summed E-state index contributed by atoms with van der Waals surface area (Å²) in [5.41, 5.74) is 2.05. The lowest BCUT2D eigenvalue weighted by molar-refractivity contribution is 1.34. The average Bonchev–Trinajstić information content (AvgIpc) is 2.21. The molecule has 12 heavy (non-hydrogen) atoms. The van der Waals surface area contributed by atoms with Crippen LogP contribution in [0.1, 0.15) is 0 Å². The molecule has 0 atom stereocenters. The molecule has 1 aromatic heterocycles. The summed E-state index contributed by atoms with van der Waals surface area (Å²) >= 11 is 0. The van der Waals surface area contributed by atoms with Crippen molar-refractivity contribution in [2.45, 2.75) is 0 Å². The fraction of sp³-hybridized carbons (Fsp3) is 0. The Hall–Kier alpha value is -1.81. The van der Waals surface area contributed by atoms with Gasteiger partial charge < -0.3 is 0 Å². The monoisotopic (exact) mass is 153 g/mol. The minimum atomic E-state index is 0.939. The summed E-state index contributed by atoms with van der Waals surface area (Å²) in [5, 5.41) is 0. The maximum absolute atomic E-state index is 4.16. The predicted octanol–water partition coefficient (Wildman–Crippen LogP) is 2.35. The van der Waals surface area contributed by atoms with Gasteiger partial charge in [0.1, 0.15) is 0 Å². The van der Waals surface area contributed by atoms with Crippen LogP contribution in [0.2, 0.25) is 0 Å². The second-order valence-electron chi connectivity index (χ2n) is 2.44. The van der Waals surface area contributed by atoms with Crippen LogP contribution in [0.3, 0.4) is 0 Å². The van der Waals surface area contributed by atoms with Crippen molar-refractivity contribution in [1.82, 2.24) is 4.98 Å². The lowest BCUT2D eigenvalue weighted by Crippen LogP contribution is -1.78. The predicted molar refractivity (Wildman–Crippen MR) is 47.3 cm³/mol. The van der Waals surface area contributed by atoms with Crippen LogP contribution < -0.4 is 0 Å². The van der Waals surface area contributed by atoms with Crippen molar-refractivity contribution in [2.24, 2.45) is 0 Å². The Morgan fingerprint density at radius 2 is 1.83 bits per heavy atom. The second-order valence-corrected chi connectivity index (χ2v) is 2.44. The molecule has 56 valence electrons. The molecular weight excluding hydrogens is 146 g/mol. The molecule has 0 saturated heterocycles. The van der Waals surface area contributed by atoms with E-state index in [2.05, 4.69) is 17.1 Å². The van der Waals surface area contributed by atoms with Gasteiger partial charge in [-0.3, -0.25) is 0 Å². The molecule has 0 bridgehead atoms. The molecule has 1 nitrogen and oxygen atoms in total. The second kappa shape index (κ2) is 3.06. The van der Waals surface area contributed by atoms with Gasteiger partial charge in [0.05, 0.1) is 11.9 Å². The summed E-state index contributed by atoms with van der Waals surface area (Å²) < 4.78 is 0. The molecule has 0 saturated carbocycles. The highest BCUT2D eigenvalue weighted by molar-refractivity contribution is 5.57. The fourth-order valence-corrected chi connectivity index (χ4v) is 1.05. The molecule has 0 amide bonds. The largest absolute Gasteiger partial charge is 0.247 e. The standard InChI is InChI=1S/C11H7N/c1-2-6-10(7-3-1)11-8-4-5-9-12-11/h1-3,6-9H. The quantitative estimate of drug-likeness (QED) is 0.612. The molecular formula is C11H7N. The summed E-state index contributed by atoms with van der Waals surface area (Å²) in [7, 11) is 0. The zero-order valence-electron chi connectivity index (χ0n) is 6.49. The Morgan fingerprint density at radius 3 is 2.50 bits per heavy atom. The molecule has 0 fully saturated rings. The van der Waals surface area contributed by atoms with Crippen LogP contribution in [0.15, 0.2) is 42.6 Å². The molecule has 2 rings (SSSR count). The van der Waals surface area contributed by atoms with Crippen molar-refractivity contribution in [3.05, 3.63) is 54.7 Å². The topological polar surface area (TPSA) is 12.9 Å². The maximum atomic E-state index is 4.16. The summed E-state index contributed by atoms with van der Waals surface area (Å²) in [4.78, 5) is 4.16. The molecule has 0 N–H and O–H groups in total. The van der Waals surface area contributed by atoms with E-state index >= 15 is 0 Å². The maximum Gasteiger partial charge on any atom is 0.0793 e. The first-order valence-electron chi connectivity index (χ1n) is 3.76. The molecule has 1 heterocycles. The Morgan fingerprint density at radius 1 is 1.00 bits per heavy atom. The molecule has 2 aromatic rings. The van der Waals surface area contributed by atoms with Crippen LogP contribution in [-0.2, 0) is 0 Å². The molecule has 1 aromatic carbocycles. The summed E-state index contributed by atoms with van der Waals surface area (Å²) in [6.45, 7) is 0. The average molecular weight is 153 g/mol. The van der Waals surface area contributed by atoms with Crippen molar-refractivity contribution < 1.29 is 0 Å². The van der Waals surface area contributed by atoms with Crippen LogP contribution in [0.5, 0.6) is 0 Å². The third-order valence-electron chi connectivity index (χ3n) is 1.63. The van der Waals surface area contributed by atoms with Gasteiger partial charge in [0.15, 0.2) is 0 Å². The smallest absolute Gasteiger partial charge is 0.0793 e. The highest BCUT2D eigenvalue weighted by Crippen LogP contribution is 2.13. The molecule has 0 radical (unpaired) electrons. The first kappa shape index (κ1) is 6.87. The number of hydrogen-bond acceptors (Lipinski definition) is 1. The minimum absolute atomic E-state index is 0.939.